The molecule has 0 aliphatic rings. The first-order valence-electron chi connectivity index (χ1n) is 10.1. The van der Waals surface area contributed by atoms with Crippen LogP contribution in [-0.4, -0.2) is 33.3 Å². The fourth-order valence-corrected chi connectivity index (χ4v) is 3.39. The molecule has 11 nitrogen and oxygen atoms in total. The quantitative estimate of drug-likeness (QED) is 0.329. The number of non-ortho nitro benzene ring substituents is 1. The molecule has 0 aliphatic carbocycles. The lowest BCUT2D eigenvalue weighted by molar-refractivity contribution is -0.384. The smallest absolute Gasteiger partial charge is 0.271 e. The molecule has 11 heteroatoms. The summed E-state index contributed by atoms with van der Waals surface area (Å²) >= 11 is 0. The van der Waals surface area contributed by atoms with Gasteiger partial charge in [0.25, 0.3) is 17.2 Å². The molecule has 4 rings (SSSR count). The molecule has 172 valence electrons. The Hall–Kier alpha value is -4.80. The van der Waals surface area contributed by atoms with Gasteiger partial charge in [-0.3, -0.25) is 29.1 Å². The van der Waals surface area contributed by atoms with E-state index in [1.165, 1.54) is 42.7 Å². The number of hydrogen-bond acceptors (Lipinski definition) is 7. The molecule has 34 heavy (non-hydrogen) atoms. The van der Waals surface area contributed by atoms with Crippen LogP contribution in [0.1, 0.15) is 16.1 Å². The molecule has 0 aliphatic heterocycles. The van der Waals surface area contributed by atoms with Gasteiger partial charge in [0.15, 0.2) is 0 Å². The summed E-state index contributed by atoms with van der Waals surface area (Å²) < 4.78 is 6.33. The highest BCUT2D eigenvalue weighted by Gasteiger charge is 2.20. The van der Waals surface area contributed by atoms with Crippen molar-refractivity contribution in [3.8, 4) is 0 Å². The molecule has 0 saturated heterocycles. The van der Waals surface area contributed by atoms with Gasteiger partial charge >= 0.3 is 0 Å². The number of nitrogens with zero attached hydrogens (tertiary/aromatic N) is 4. The molecule has 2 heterocycles. The van der Waals surface area contributed by atoms with Crippen molar-refractivity contribution in [2.45, 2.75) is 13.1 Å². The number of hydrogen-bond donors (Lipinski definition) is 1. The van der Waals surface area contributed by atoms with Crippen LogP contribution < -0.4 is 15.8 Å². The molecule has 0 spiro atoms. The molecular weight excluding hydrogens is 442 g/mol. The third-order valence-electron chi connectivity index (χ3n) is 5.21. The number of fused-ring (bicyclic) bond motifs is 1. The second-order valence-electron chi connectivity index (χ2n) is 7.37. The van der Waals surface area contributed by atoms with Crippen LogP contribution in [0, 0.1) is 10.1 Å². The van der Waals surface area contributed by atoms with Gasteiger partial charge in [0.05, 0.1) is 46.2 Å². The Bertz CT molecular complexity index is 1440. The van der Waals surface area contributed by atoms with Crippen LogP contribution in [0.3, 0.4) is 0 Å². The number of rotatable bonds is 7. The minimum Gasteiger partial charge on any atom is -0.467 e. The molecule has 2 aromatic heterocycles. The van der Waals surface area contributed by atoms with Crippen LogP contribution in [-0.2, 0) is 17.9 Å². The zero-order valence-electron chi connectivity index (χ0n) is 18.0. The van der Waals surface area contributed by atoms with Gasteiger partial charge in [0.2, 0.25) is 5.91 Å². The number of furan rings is 1. The summed E-state index contributed by atoms with van der Waals surface area (Å²) in [6.07, 6.45) is 2.68. The number of para-hydroxylation sites is 1. The maximum Gasteiger partial charge on any atom is 0.271 e. The SMILES string of the molecule is CN(C(=O)Cn1cnc2cc([N+](=O)[O-])ccc2c1=O)c1ccccc1C(=O)NCc1ccco1. The third kappa shape index (κ3) is 4.53. The maximum absolute atomic E-state index is 13.0. The molecule has 0 unspecified atom stereocenters. The van der Waals surface area contributed by atoms with Crippen molar-refractivity contribution in [2.24, 2.45) is 0 Å². The first-order chi connectivity index (χ1) is 16.3. The van der Waals surface area contributed by atoms with E-state index in [0.717, 1.165) is 4.57 Å². The Morgan fingerprint density at radius 1 is 1.18 bits per heavy atom. The van der Waals surface area contributed by atoms with E-state index >= 15 is 0 Å². The number of carbonyl (C=O) groups excluding carboxylic acids is 2. The molecule has 2 amide bonds. The average Bonchev–Trinajstić information content (AvgIpc) is 3.37. The molecule has 4 aromatic rings. The van der Waals surface area contributed by atoms with Crippen molar-refractivity contribution in [3.63, 3.8) is 0 Å². The van der Waals surface area contributed by atoms with Gasteiger partial charge in [0, 0.05) is 19.2 Å². The van der Waals surface area contributed by atoms with E-state index in [1.54, 1.807) is 36.4 Å². The van der Waals surface area contributed by atoms with Gasteiger partial charge in [-0.1, -0.05) is 12.1 Å². The highest BCUT2D eigenvalue weighted by molar-refractivity contribution is 6.04. The zero-order valence-corrected chi connectivity index (χ0v) is 18.0. The van der Waals surface area contributed by atoms with E-state index in [4.69, 9.17) is 4.42 Å². The summed E-state index contributed by atoms with van der Waals surface area (Å²) in [5.41, 5.74) is 0.110. The zero-order chi connectivity index (χ0) is 24.2. The van der Waals surface area contributed by atoms with E-state index in [-0.39, 0.29) is 35.2 Å². The van der Waals surface area contributed by atoms with Crippen LogP contribution >= 0.6 is 0 Å². The van der Waals surface area contributed by atoms with E-state index in [0.29, 0.717) is 11.4 Å². The van der Waals surface area contributed by atoms with Crippen LogP contribution in [0.2, 0.25) is 0 Å². The average molecular weight is 461 g/mol. The predicted octanol–water partition coefficient (Wildman–Crippen LogP) is 2.49. The fourth-order valence-electron chi connectivity index (χ4n) is 3.39. The maximum atomic E-state index is 13.0. The fraction of sp³-hybridized carbons (Fsp3) is 0.130. The third-order valence-corrected chi connectivity index (χ3v) is 5.21. The Kier molecular flexibility index (Phi) is 6.17. The predicted molar refractivity (Wildman–Crippen MR) is 122 cm³/mol. The van der Waals surface area contributed by atoms with Crippen molar-refractivity contribution in [2.75, 3.05) is 11.9 Å². The Balaban J connectivity index is 1.54. The minimum absolute atomic E-state index is 0.154. The number of amides is 2. The summed E-state index contributed by atoms with van der Waals surface area (Å²) in [5.74, 6) is -0.266. The molecule has 0 atom stereocenters. The molecule has 0 saturated carbocycles. The normalized spacial score (nSPS) is 10.7. The number of carbonyl (C=O) groups is 2. The number of nitro benzene ring substituents is 1. The van der Waals surface area contributed by atoms with Gasteiger partial charge in [-0.25, -0.2) is 4.98 Å². The van der Waals surface area contributed by atoms with E-state index < -0.39 is 22.3 Å². The second-order valence-corrected chi connectivity index (χ2v) is 7.37. The van der Waals surface area contributed by atoms with Crippen molar-refractivity contribution in [1.29, 1.82) is 0 Å². The highest BCUT2D eigenvalue weighted by atomic mass is 16.6. The van der Waals surface area contributed by atoms with Crippen LogP contribution in [0.4, 0.5) is 11.4 Å². The number of benzene rings is 2. The summed E-state index contributed by atoms with van der Waals surface area (Å²) in [6.45, 7) is -0.147. The Morgan fingerprint density at radius 2 is 1.97 bits per heavy atom. The van der Waals surface area contributed by atoms with Crippen LogP contribution in [0.15, 0.2) is 76.4 Å². The van der Waals surface area contributed by atoms with Crippen LogP contribution in [0.25, 0.3) is 10.9 Å². The highest BCUT2D eigenvalue weighted by Crippen LogP contribution is 2.20. The van der Waals surface area contributed by atoms with Crippen LogP contribution in [0.5, 0.6) is 0 Å². The summed E-state index contributed by atoms with van der Waals surface area (Å²) in [4.78, 5) is 54.2. The Labute approximate surface area is 192 Å². The lowest BCUT2D eigenvalue weighted by atomic mass is 10.1. The molecule has 1 N–H and O–H groups in total. The largest absolute Gasteiger partial charge is 0.467 e. The van der Waals surface area contributed by atoms with Crippen molar-refractivity contribution in [3.05, 3.63) is 99.0 Å². The molecule has 0 bridgehead atoms. The molecule has 0 radical (unpaired) electrons. The molecule has 2 aromatic carbocycles. The lowest BCUT2D eigenvalue weighted by Gasteiger charge is -2.21. The molecular formula is C23H19N5O6. The molecule has 0 fully saturated rings. The van der Waals surface area contributed by atoms with Gasteiger partial charge in [-0.05, 0) is 30.3 Å². The van der Waals surface area contributed by atoms with Crippen molar-refractivity contribution >= 4 is 34.1 Å². The van der Waals surface area contributed by atoms with E-state index in [9.17, 15) is 24.5 Å². The summed E-state index contributed by atoms with van der Waals surface area (Å²) in [5, 5.41) is 13.8. The van der Waals surface area contributed by atoms with E-state index in [2.05, 4.69) is 10.3 Å². The monoisotopic (exact) mass is 461 g/mol. The number of likely N-dealkylation sites (N-methyl/N-ethyl adjacent to an activating group) is 1. The van der Waals surface area contributed by atoms with Gasteiger partial charge in [0.1, 0.15) is 12.3 Å². The minimum atomic E-state index is -0.576. The van der Waals surface area contributed by atoms with Gasteiger partial charge in [-0.2, -0.15) is 0 Å². The van der Waals surface area contributed by atoms with Gasteiger partial charge in [-0.15, -0.1) is 0 Å². The summed E-state index contributed by atoms with van der Waals surface area (Å²) in [6, 6.07) is 13.8. The first-order valence-corrected chi connectivity index (χ1v) is 10.1. The Morgan fingerprint density at radius 3 is 2.71 bits per heavy atom. The summed E-state index contributed by atoms with van der Waals surface area (Å²) in [7, 11) is 1.50. The standard InChI is InChI=1S/C23H19N5O6/c1-26(20-7-3-2-6-18(20)22(30)24-12-16-5-4-10-34-16)21(29)13-27-14-25-19-11-15(28(32)33)8-9-17(19)23(27)31/h2-11,14H,12-13H2,1H3,(H,24,30). The van der Waals surface area contributed by atoms with E-state index in [1.807, 2.05) is 0 Å². The second kappa shape index (κ2) is 9.36. The topological polar surface area (TPSA) is 141 Å². The number of nitro groups is 1. The van der Waals surface area contributed by atoms with Gasteiger partial charge < -0.3 is 14.6 Å². The van der Waals surface area contributed by atoms with Crippen molar-refractivity contribution < 1.29 is 18.9 Å². The number of anilines is 1. The number of nitrogens with one attached hydrogen (secondary N) is 1. The first kappa shape index (κ1) is 22.4. The number of aromatic nitrogens is 2. The van der Waals surface area contributed by atoms with Crippen molar-refractivity contribution in [1.82, 2.24) is 14.9 Å². The lowest BCUT2D eigenvalue weighted by Crippen LogP contribution is -2.35.